The van der Waals surface area contributed by atoms with Crippen LogP contribution in [0.2, 0.25) is 36.3 Å². The molecule has 0 fully saturated rings. The van der Waals surface area contributed by atoms with Crippen molar-refractivity contribution in [3.05, 3.63) is 280 Å². The van der Waals surface area contributed by atoms with Gasteiger partial charge < -0.3 is 0 Å². The van der Waals surface area contributed by atoms with E-state index in [0.29, 0.717) is 0 Å². The van der Waals surface area contributed by atoms with E-state index in [1.807, 2.05) is 0 Å². The van der Waals surface area contributed by atoms with Crippen LogP contribution >= 0.6 is 14.5 Å². The minimum absolute atomic E-state index is 0.533. The van der Waals surface area contributed by atoms with E-state index in [4.69, 9.17) is 0 Å². The standard InChI is InChI=1S/C62H68P2Si2/c1-9-45-65(46-10-2,47-11-3)59-51-62(8,64(56-39-27-18-28-40-56,57-41-29-19-30-42-57)58-43-31-20-32-44-58)60(66(48-12-4,49-13-5)50-14-6)52-61(59,7)63(53-33-21-15-22-34-53,54-35-23-16-24-36-54)55-37-25-17-26-38-55/h9-44,51-52H,1-6,45-50H2,7-8H3/q+2. The molecule has 6 aromatic carbocycles. The lowest BCUT2D eigenvalue weighted by Gasteiger charge is -2.56. The van der Waals surface area contributed by atoms with Gasteiger partial charge >= 0.3 is 0 Å². The molecule has 0 N–H and O–H groups in total. The molecular formula is C62H68P2Si2+2. The van der Waals surface area contributed by atoms with Crippen molar-refractivity contribution in [2.24, 2.45) is 0 Å². The van der Waals surface area contributed by atoms with E-state index in [1.54, 1.807) is 10.4 Å². The van der Waals surface area contributed by atoms with Crippen LogP contribution in [-0.2, 0) is 0 Å². The lowest BCUT2D eigenvalue weighted by molar-refractivity contribution is 0.824. The van der Waals surface area contributed by atoms with Crippen molar-refractivity contribution >= 4 is 62.5 Å². The van der Waals surface area contributed by atoms with Gasteiger partial charge in [-0.2, -0.15) is 0 Å². The number of allylic oxidation sites excluding steroid dienone is 10. The first-order chi connectivity index (χ1) is 32.2. The highest BCUT2D eigenvalue weighted by atomic mass is 31.2. The highest BCUT2D eigenvalue weighted by Crippen LogP contribution is 2.77. The first kappa shape index (κ1) is 48.5. The van der Waals surface area contributed by atoms with E-state index in [9.17, 15) is 0 Å². The largest absolute Gasteiger partial charge is 0.127 e. The maximum absolute atomic E-state index is 4.56. The van der Waals surface area contributed by atoms with Crippen LogP contribution in [0.3, 0.4) is 0 Å². The summed E-state index contributed by atoms with van der Waals surface area (Å²) in [6.07, 6.45) is 19.2. The van der Waals surface area contributed by atoms with Gasteiger partial charge in [-0.25, -0.2) is 0 Å². The summed E-state index contributed by atoms with van der Waals surface area (Å²) in [6, 6.07) is 74.6. The van der Waals surface area contributed by atoms with Crippen LogP contribution in [0.5, 0.6) is 0 Å². The Balaban J connectivity index is 1.87. The van der Waals surface area contributed by atoms with E-state index in [0.717, 1.165) is 36.3 Å². The number of hydrogen-bond acceptors (Lipinski definition) is 0. The lowest BCUT2D eigenvalue weighted by Crippen LogP contribution is -2.60. The quantitative estimate of drug-likeness (QED) is 0.0361. The Labute approximate surface area is 401 Å². The second-order valence-corrected chi connectivity index (χ2v) is 34.6. The summed E-state index contributed by atoms with van der Waals surface area (Å²) in [5, 5.41) is 10.3. The van der Waals surface area contributed by atoms with Crippen LogP contribution < -0.4 is 31.8 Å². The van der Waals surface area contributed by atoms with Gasteiger partial charge in [-0.15, -0.1) is 39.5 Å². The Bertz CT molecular complexity index is 2240. The Morgan fingerprint density at radius 3 is 0.636 bits per heavy atom. The zero-order chi connectivity index (χ0) is 46.7. The fourth-order valence-electron chi connectivity index (χ4n) is 12.2. The number of benzene rings is 6. The predicted molar refractivity (Wildman–Crippen MR) is 305 cm³/mol. The van der Waals surface area contributed by atoms with Gasteiger partial charge in [0.2, 0.25) is 0 Å². The topological polar surface area (TPSA) is 0 Å². The smallest absolute Gasteiger partial charge is 0.103 e. The van der Waals surface area contributed by atoms with Crippen molar-refractivity contribution in [3.63, 3.8) is 0 Å². The predicted octanol–water partition coefficient (Wildman–Crippen LogP) is 14.5. The molecule has 1 aliphatic carbocycles. The third-order valence-electron chi connectivity index (χ3n) is 14.5. The molecule has 0 spiro atoms. The highest BCUT2D eigenvalue weighted by molar-refractivity contribution is 7.98. The van der Waals surface area contributed by atoms with Crippen molar-refractivity contribution in [1.82, 2.24) is 0 Å². The van der Waals surface area contributed by atoms with Crippen LogP contribution in [-0.4, -0.2) is 26.5 Å². The molecule has 332 valence electrons. The third kappa shape index (κ3) is 8.11. The molecule has 0 aliphatic heterocycles. The van der Waals surface area contributed by atoms with Crippen molar-refractivity contribution in [3.8, 4) is 0 Å². The first-order valence-electron chi connectivity index (χ1n) is 23.4. The van der Waals surface area contributed by atoms with Crippen LogP contribution in [0.1, 0.15) is 13.8 Å². The Morgan fingerprint density at radius 2 is 0.485 bits per heavy atom. The van der Waals surface area contributed by atoms with Gasteiger partial charge in [0.05, 0.1) is 16.1 Å². The van der Waals surface area contributed by atoms with Crippen molar-refractivity contribution < 1.29 is 0 Å². The molecule has 7 rings (SSSR count). The zero-order valence-electron chi connectivity index (χ0n) is 39.3. The van der Waals surface area contributed by atoms with Gasteiger partial charge in [-0.3, -0.25) is 0 Å². The van der Waals surface area contributed by atoms with E-state index in [1.165, 1.54) is 31.8 Å². The molecular weight excluding hydrogens is 863 g/mol. The van der Waals surface area contributed by atoms with Crippen LogP contribution in [0, 0.1) is 0 Å². The number of hydrogen-bond donors (Lipinski definition) is 0. The minimum Gasteiger partial charge on any atom is -0.103 e. The molecule has 0 nitrogen and oxygen atoms in total. The zero-order valence-corrected chi connectivity index (χ0v) is 43.1. The van der Waals surface area contributed by atoms with Gasteiger partial charge in [0.1, 0.15) is 56.7 Å². The van der Waals surface area contributed by atoms with E-state index < -0.39 is 41.0 Å². The van der Waals surface area contributed by atoms with Gasteiger partial charge in [-0.1, -0.05) is 146 Å². The summed E-state index contributed by atoms with van der Waals surface area (Å²) < 4.78 is 0. The van der Waals surface area contributed by atoms with Gasteiger partial charge in [-0.05, 0) is 145 Å². The fourth-order valence-corrected chi connectivity index (χ4v) is 34.2. The summed E-state index contributed by atoms with van der Waals surface area (Å²) in [5.41, 5.74) is 0. The SMILES string of the molecule is C=CC[Si](CC=C)(CC=C)C1=CC(C)([P+](c2ccccc2)(c2ccccc2)c2ccccc2)C([Si](CC=C)(CC=C)CC=C)=CC1(C)[P+](c1ccccc1)(c1ccccc1)c1ccccc1. The van der Waals surface area contributed by atoms with Gasteiger partial charge in [0, 0.05) is 0 Å². The highest BCUT2D eigenvalue weighted by Gasteiger charge is 2.71. The first-order valence-corrected chi connectivity index (χ1v) is 32.2. The fraction of sp³-hybridized carbons (Fsp3) is 0.161. The molecule has 0 aromatic heterocycles. The van der Waals surface area contributed by atoms with Crippen molar-refractivity contribution in [2.45, 2.75) is 60.4 Å². The molecule has 4 heteroatoms. The van der Waals surface area contributed by atoms with Crippen LogP contribution in [0.4, 0.5) is 0 Å². The maximum Gasteiger partial charge on any atom is 0.127 e. The molecule has 66 heavy (non-hydrogen) atoms. The maximum atomic E-state index is 4.56. The number of rotatable bonds is 22. The Kier molecular flexibility index (Phi) is 15.4. The van der Waals surface area contributed by atoms with Crippen molar-refractivity contribution in [2.75, 3.05) is 0 Å². The summed E-state index contributed by atoms with van der Waals surface area (Å²) in [5.74, 6) is 0. The summed E-state index contributed by atoms with van der Waals surface area (Å²) >= 11 is 0. The minimum atomic E-state index is -2.71. The summed E-state index contributed by atoms with van der Waals surface area (Å²) in [6.45, 7) is 32.6. The van der Waals surface area contributed by atoms with Gasteiger partial charge in [0.25, 0.3) is 0 Å². The molecule has 0 saturated carbocycles. The Hall–Kier alpha value is -5.47. The second-order valence-electron chi connectivity index (χ2n) is 18.3. The molecule has 0 saturated heterocycles. The van der Waals surface area contributed by atoms with E-state index in [-0.39, 0.29) is 0 Å². The normalized spacial score (nSPS) is 17.7. The molecule has 0 radical (unpaired) electrons. The summed E-state index contributed by atoms with van der Waals surface area (Å²) in [4.78, 5) is 0. The molecule has 0 bridgehead atoms. The van der Waals surface area contributed by atoms with Crippen LogP contribution in [0.25, 0.3) is 0 Å². The van der Waals surface area contributed by atoms with Crippen molar-refractivity contribution in [1.29, 1.82) is 0 Å². The molecule has 6 aromatic rings. The molecule has 1 aliphatic rings. The monoisotopic (exact) mass is 930 g/mol. The second kappa shape index (κ2) is 21.0. The average Bonchev–Trinajstić information content (AvgIpc) is 3.35. The molecule has 0 amide bonds. The molecule has 2 unspecified atom stereocenters. The van der Waals surface area contributed by atoms with E-state index in [2.05, 4.69) is 284 Å². The molecule has 2 atom stereocenters. The Morgan fingerprint density at radius 1 is 0.318 bits per heavy atom. The third-order valence-corrected chi connectivity index (χ3v) is 35.0. The average molecular weight is 931 g/mol. The van der Waals surface area contributed by atoms with E-state index >= 15 is 0 Å². The summed E-state index contributed by atoms with van der Waals surface area (Å²) in [7, 11) is -10.8. The van der Waals surface area contributed by atoms with Crippen LogP contribution in [0.15, 0.2) is 280 Å². The van der Waals surface area contributed by atoms with Gasteiger partial charge in [0.15, 0.2) is 0 Å². The lowest BCUT2D eigenvalue weighted by atomic mass is 9.96. The molecule has 0 heterocycles.